The van der Waals surface area contributed by atoms with Crippen LogP contribution < -0.4 is 10.6 Å². The summed E-state index contributed by atoms with van der Waals surface area (Å²) < 4.78 is 13.3. The van der Waals surface area contributed by atoms with Gasteiger partial charge in [-0.15, -0.1) is 0 Å². The van der Waals surface area contributed by atoms with Crippen LogP contribution in [-0.2, 0) is 4.79 Å². The third-order valence-electron chi connectivity index (χ3n) is 1.82. The van der Waals surface area contributed by atoms with Gasteiger partial charge in [0.2, 0.25) is 0 Å². The molecule has 0 radical (unpaired) electrons. The summed E-state index contributed by atoms with van der Waals surface area (Å²) in [5.41, 5.74) is -0.0645. The van der Waals surface area contributed by atoms with Crippen molar-refractivity contribution in [3.05, 3.63) is 29.0 Å². The van der Waals surface area contributed by atoms with Crippen molar-refractivity contribution in [3.8, 4) is 0 Å². The van der Waals surface area contributed by atoms with Crippen LogP contribution in [0.15, 0.2) is 18.2 Å². The summed E-state index contributed by atoms with van der Waals surface area (Å²) >= 11 is 5.52. The molecule has 0 saturated carbocycles. The zero-order chi connectivity index (χ0) is 12.8. The zero-order valence-corrected chi connectivity index (χ0v) is 9.42. The number of benzene rings is 1. The van der Waals surface area contributed by atoms with Crippen LogP contribution in [0, 0.1) is 5.82 Å². The molecule has 2 amide bonds. The highest BCUT2D eigenvalue weighted by molar-refractivity contribution is 6.31. The first-order valence-corrected chi connectivity index (χ1v) is 5.09. The predicted octanol–water partition coefficient (Wildman–Crippen LogP) is 2.08. The third-order valence-corrected chi connectivity index (χ3v) is 2.12. The monoisotopic (exact) mass is 260 g/mol. The molecule has 17 heavy (non-hydrogen) atoms. The van der Waals surface area contributed by atoms with Crippen LogP contribution in [0.25, 0.3) is 0 Å². The quantitative estimate of drug-likeness (QED) is 0.775. The van der Waals surface area contributed by atoms with E-state index in [9.17, 15) is 14.0 Å². The van der Waals surface area contributed by atoms with Crippen LogP contribution in [0.5, 0.6) is 0 Å². The molecule has 92 valence electrons. The molecular weight excluding hydrogens is 251 g/mol. The van der Waals surface area contributed by atoms with Gasteiger partial charge in [-0.25, -0.2) is 9.18 Å². The highest BCUT2D eigenvalue weighted by Gasteiger charge is 2.09. The largest absolute Gasteiger partial charge is 0.481 e. The molecule has 0 bridgehead atoms. The van der Waals surface area contributed by atoms with Crippen molar-refractivity contribution in [3.63, 3.8) is 0 Å². The van der Waals surface area contributed by atoms with Crippen molar-refractivity contribution >= 4 is 29.3 Å². The van der Waals surface area contributed by atoms with E-state index in [0.29, 0.717) is 0 Å². The second-order valence-electron chi connectivity index (χ2n) is 3.13. The molecule has 3 N–H and O–H groups in total. The summed E-state index contributed by atoms with van der Waals surface area (Å²) in [6.07, 6.45) is -0.203. The lowest BCUT2D eigenvalue weighted by Gasteiger charge is -2.07. The topological polar surface area (TPSA) is 78.4 Å². The summed E-state index contributed by atoms with van der Waals surface area (Å²) in [6, 6.07) is 3.49. The van der Waals surface area contributed by atoms with Gasteiger partial charge in [0.25, 0.3) is 0 Å². The molecule has 5 nitrogen and oxygen atoms in total. The first-order valence-electron chi connectivity index (χ1n) is 4.71. The molecule has 0 aromatic heterocycles. The van der Waals surface area contributed by atoms with Gasteiger partial charge in [0, 0.05) is 6.54 Å². The van der Waals surface area contributed by atoms with Gasteiger partial charge in [0.1, 0.15) is 0 Å². The fourth-order valence-electron chi connectivity index (χ4n) is 1.05. The van der Waals surface area contributed by atoms with Gasteiger partial charge in [-0.05, 0) is 12.1 Å². The third kappa shape index (κ3) is 4.28. The van der Waals surface area contributed by atoms with Crippen molar-refractivity contribution in [2.75, 3.05) is 11.9 Å². The lowest BCUT2D eigenvalue weighted by Crippen LogP contribution is -2.30. The molecule has 0 heterocycles. The molecule has 0 aliphatic heterocycles. The number of carboxylic acids is 1. The number of hydrogen-bond acceptors (Lipinski definition) is 2. The molecule has 0 saturated heterocycles. The van der Waals surface area contributed by atoms with E-state index in [1.807, 2.05) is 0 Å². The highest BCUT2D eigenvalue weighted by atomic mass is 35.5. The van der Waals surface area contributed by atoms with Crippen molar-refractivity contribution in [1.29, 1.82) is 0 Å². The van der Waals surface area contributed by atoms with Gasteiger partial charge < -0.3 is 15.7 Å². The van der Waals surface area contributed by atoms with Crippen LogP contribution in [-0.4, -0.2) is 23.7 Å². The van der Waals surface area contributed by atoms with E-state index in [-0.39, 0.29) is 23.7 Å². The summed E-state index contributed by atoms with van der Waals surface area (Å²) in [6.45, 7) is -0.0383. The number of urea groups is 1. The SMILES string of the molecule is O=C(O)CCNC(=O)Nc1cccc(Cl)c1F. The number of nitrogens with one attached hydrogen (secondary N) is 2. The number of hydrogen-bond donors (Lipinski definition) is 3. The average molecular weight is 261 g/mol. The molecule has 7 heteroatoms. The van der Waals surface area contributed by atoms with Gasteiger partial charge >= 0.3 is 12.0 Å². The van der Waals surface area contributed by atoms with Crippen LogP contribution in [0.1, 0.15) is 6.42 Å². The molecule has 1 aromatic carbocycles. The van der Waals surface area contributed by atoms with E-state index in [1.165, 1.54) is 18.2 Å². The number of anilines is 1. The van der Waals surface area contributed by atoms with Crippen LogP contribution >= 0.6 is 11.6 Å². The number of aliphatic carboxylic acids is 1. The number of carbonyl (C=O) groups is 2. The number of rotatable bonds is 4. The molecule has 0 unspecified atom stereocenters. The van der Waals surface area contributed by atoms with Crippen LogP contribution in [0.3, 0.4) is 0 Å². The molecule has 1 rings (SSSR count). The Bertz CT molecular complexity index is 440. The summed E-state index contributed by atoms with van der Waals surface area (Å²) in [4.78, 5) is 21.4. The minimum absolute atomic E-state index is 0.0383. The summed E-state index contributed by atoms with van der Waals surface area (Å²) in [5.74, 6) is -1.76. The Balaban J connectivity index is 2.51. The van der Waals surface area contributed by atoms with Crippen LogP contribution in [0.2, 0.25) is 5.02 Å². The molecule has 1 aromatic rings. The first-order chi connectivity index (χ1) is 8.00. The summed E-state index contributed by atoms with van der Waals surface area (Å²) in [7, 11) is 0. The lowest BCUT2D eigenvalue weighted by molar-refractivity contribution is -0.136. The van der Waals surface area contributed by atoms with E-state index in [0.717, 1.165) is 0 Å². The zero-order valence-electron chi connectivity index (χ0n) is 8.67. The van der Waals surface area contributed by atoms with E-state index in [4.69, 9.17) is 16.7 Å². The molecular formula is C10H10ClFN2O3. The Hall–Kier alpha value is -1.82. The molecule has 0 aliphatic carbocycles. The maximum Gasteiger partial charge on any atom is 0.319 e. The lowest BCUT2D eigenvalue weighted by atomic mass is 10.3. The number of halogens is 2. The normalized spacial score (nSPS) is 9.76. The van der Waals surface area contributed by atoms with E-state index < -0.39 is 17.8 Å². The average Bonchev–Trinajstić information content (AvgIpc) is 2.24. The fourth-order valence-corrected chi connectivity index (χ4v) is 1.22. The van der Waals surface area contributed by atoms with Crippen LogP contribution in [0.4, 0.5) is 14.9 Å². The summed E-state index contributed by atoms with van der Waals surface area (Å²) in [5, 5.41) is 12.7. The second-order valence-corrected chi connectivity index (χ2v) is 3.53. The first kappa shape index (κ1) is 13.2. The van der Waals surface area contributed by atoms with Gasteiger partial charge in [0.05, 0.1) is 17.1 Å². The molecule has 0 aliphatic rings. The predicted molar refractivity (Wildman–Crippen MR) is 60.7 cm³/mol. The smallest absolute Gasteiger partial charge is 0.319 e. The molecule has 0 spiro atoms. The van der Waals surface area contributed by atoms with Crippen molar-refractivity contribution in [2.45, 2.75) is 6.42 Å². The van der Waals surface area contributed by atoms with E-state index in [2.05, 4.69) is 10.6 Å². The maximum absolute atomic E-state index is 13.3. The Labute approximate surface area is 102 Å². The fraction of sp³-hybridized carbons (Fsp3) is 0.200. The number of amides is 2. The molecule has 0 fully saturated rings. The Morgan fingerprint density at radius 2 is 2.12 bits per heavy atom. The van der Waals surface area contributed by atoms with E-state index >= 15 is 0 Å². The Morgan fingerprint density at radius 1 is 1.41 bits per heavy atom. The Kier molecular flexibility index (Phi) is 4.71. The van der Waals surface area contributed by atoms with Crippen molar-refractivity contribution in [1.82, 2.24) is 5.32 Å². The van der Waals surface area contributed by atoms with Gasteiger partial charge in [-0.2, -0.15) is 0 Å². The van der Waals surface area contributed by atoms with Gasteiger partial charge in [-0.1, -0.05) is 17.7 Å². The minimum atomic E-state index is -1.03. The Morgan fingerprint density at radius 3 is 2.76 bits per heavy atom. The maximum atomic E-state index is 13.3. The number of carbonyl (C=O) groups excluding carboxylic acids is 1. The standard InChI is InChI=1S/C10H10ClFN2O3/c11-6-2-1-3-7(9(6)12)14-10(17)13-5-4-8(15)16/h1-3H,4-5H2,(H,15,16)(H2,13,14,17). The van der Waals surface area contributed by atoms with Crippen molar-refractivity contribution < 1.29 is 19.1 Å². The minimum Gasteiger partial charge on any atom is -0.481 e. The van der Waals surface area contributed by atoms with E-state index in [1.54, 1.807) is 0 Å². The van der Waals surface area contributed by atoms with Crippen molar-refractivity contribution in [2.24, 2.45) is 0 Å². The number of carboxylic acid groups (broad SMARTS) is 1. The van der Waals surface area contributed by atoms with Gasteiger partial charge in [0.15, 0.2) is 5.82 Å². The second kappa shape index (κ2) is 6.05. The highest BCUT2D eigenvalue weighted by Crippen LogP contribution is 2.21. The molecule has 0 atom stereocenters. The van der Waals surface area contributed by atoms with Gasteiger partial charge in [-0.3, -0.25) is 4.79 Å².